The van der Waals surface area contributed by atoms with Gasteiger partial charge in [-0.1, -0.05) is 0 Å². The zero-order chi connectivity index (χ0) is 14.9. The standard InChI is InChI=1S/C12H24F3N3O/c1-10(2)18(3)7-5-4-6-17-11(19)8-16-9-12(13,14)15/h10,16H,4-9H2,1-3H3,(H,17,19). The van der Waals surface area contributed by atoms with E-state index in [0.717, 1.165) is 19.4 Å². The highest BCUT2D eigenvalue weighted by atomic mass is 19.4. The Balaban J connectivity index is 3.44. The Hall–Kier alpha value is -0.820. The zero-order valence-electron chi connectivity index (χ0n) is 11.8. The van der Waals surface area contributed by atoms with E-state index in [1.165, 1.54) is 0 Å². The Bertz CT molecular complexity index is 257. The van der Waals surface area contributed by atoms with Crippen LogP contribution >= 0.6 is 0 Å². The fourth-order valence-electron chi connectivity index (χ4n) is 1.35. The molecule has 114 valence electrons. The van der Waals surface area contributed by atoms with Gasteiger partial charge in [0.05, 0.1) is 13.1 Å². The number of nitrogens with one attached hydrogen (secondary N) is 2. The van der Waals surface area contributed by atoms with Crippen molar-refractivity contribution in [1.29, 1.82) is 0 Å². The van der Waals surface area contributed by atoms with Crippen LogP contribution in [0.1, 0.15) is 26.7 Å². The molecule has 0 atom stereocenters. The molecule has 1 amide bonds. The second kappa shape index (κ2) is 9.14. The molecule has 0 spiro atoms. The van der Waals surface area contributed by atoms with E-state index in [2.05, 4.69) is 29.4 Å². The van der Waals surface area contributed by atoms with E-state index in [1.807, 2.05) is 7.05 Å². The molecule has 0 aromatic heterocycles. The van der Waals surface area contributed by atoms with Gasteiger partial charge in [-0.05, 0) is 40.3 Å². The molecule has 4 nitrogen and oxygen atoms in total. The number of rotatable bonds is 9. The molecule has 0 aliphatic carbocycles. The normalized spacial score (nSPS) is 12.2. The highest BCUT2D eigenvalue weighted by Crippen LogP contribution is 2.11. The first-order valence-corrected chi connectivity index (χ1v) is 6.47. The Morgan fingerprint density at radius 2 is 1.89 bits per heavy atom. The predicted octanol–water partition coefficient (Wildman–Crippen LogP) is 1.37. The van der Waals surface area contributed by atoms with Crippen molar-refractivity contribution >= 4 is 5.91 Å². The topological polar surface area (TPSA) is 44.4 Å². The first-order valence-electron chi connectivity index (χ1n) is 6.47. The van der Waals surface area contributed by atoms with E-state index in [9.17, 15) is 18.0 Å². The monoisotopic (exact) mass is 283 g/mol. The van der Waals surface area contributed by atoms with Crippen molar-refractivity contribution in [3.8, 4) is 0 Å². The van der Waals surface area contributed by atoms with Gasteiger partial charge in [-0.2, -0.15) is 13.2 Å². The third-order valence-corrected chi connectivity index (χ3v) is 2.75. The van der Waals surface area contributed by atoms with Crippen molar-refractivity contribution in [3.05, 3.63) is 0 Å². The minimum absolute atomic E-state index is 0.300. The fourth-order valence-corrected chi connectivity index (χ4v) is 1.35. The second-order valence-electron chi connectivity index (χ2n) is 4.85. The lowest BCUT2D eigenvalue weighted by Gasteiger charge is -2.20. The van der Waals surface area contributed by atoms with Gasteiger partial charge in [-0.3, -0.25) is 4.79 Å². The van der Waals surface area contributed by atoms with Crippen molar-refractivity contribution in [2.75, 3.05) is 33.2 Å². The van der Waals surface area contributed by atoms with E-state index in [4.69, 9.17) is 0 Å². The summed E-state index contributed by atoms with van der Waals surface area (Å²) in [6.45, 7) is 4.21. The van der Waals surface area contributed by atoms with Gasteiger partial charge in [0.25, 0.3) is 0 Å². The molecule has 2 N–H and O–H groups in total. The van der Waals surface area contributed by atoms with Crippen LogP contribution in [0.2, 0.25) is 0 Å². The van der Waals surface area contributed by atoms with Crippen LogP contribution in [-0.2, 0) is 4.79 Å². The van der Waals surface area contributed by atoms with E-state index < -0.39 is 18.6 Å². The van der Waals surface area contributed by atoms with Crippen LogP contribution in [0, 0.1) is 0 Å². The van der Waals surface area contributed by atoms with Gasteiger partial charge in [0.15, 0.2) is 0 Å². The van der Waals surface area contributed by atoms with Crippen molar-refractivity contribution in [1.82, 2.24) is 15.5 Å². The average molecular weight is 283 g/mol. The number of hydrogen-bond donors (Lipinski definition) is 2. The number of alkyl halides is 3. The van der Waals surface area contributed by atoms with E-state index >= 15 is 0 Å². The lowest BCUT2D eigenvalue weighted by atomic mass is 10.2. The maximum Gasteiger partial charge on any atom is 0.401 e. The summed E-state index contributed by atoms with van der Waals surface area (Å²) >= 11 is 0. The first kappa shape index (κ1) is 18.2. The van der Waals surface area contributed by atoms with Gasteiger partial charge in [-0.25, -0.2) is 0 Å². The molecule has 0 rings (SSSR count). The Kier molecular flexibility index (Phi) is 8.75. The van der Waals surface area contributed by atoms with Crippen LogP contribution in [0.4, 0.5) is 13.2 Å². The van der Waals surface area contributed by atoms with Crippen LogP contribution in [0.3, 0.4) is 0 Å². The molecular weight excluding hydrogens is 259 g/mol. The van der Waals surface area contributed by atoms with Crippen LogP contribution in [-0.4, -0.2) is 56.3 Å². The lowest BCUT2D eigenvalue weighted by molar-refractivity contribution is -0.128. The smallest absolute Gasteiger partial charge is 0.355 e. The minimum atomic E-state index is -4.28. The quantitative estimate of drug-likeness (QED) is 0.628. The van der Waals surface area contributed by atoms with Gasteiger partial charge < -0.3 is 15.5 Å². The molecule has 7 heteroatoms. The summed E-state index contributed by atoms with van der Waals surface area (Å²) in [6, 6.07) is 0.487. The SMILES string of the molecule is CC(C)N(C)CCCCNC(=O)CNCC(F)(F)F. The summed E-state index contributed by atoms with van der Waals surface area (Å²) in [5.41, 5.74) is 0. The largest absolute Gasteiger partial charge is 0.401 e. The van der Waals surface area contributed by atoms with E-state index in [-0.39, 0.29) is 6.54 Å². The highest BCUT2D eigenvalue weighted by Gasteiger charge is 2.26. The number of carbonyl (C=O) groups excluding carboxylic acids is 1. The van der Waals surface area contributed by atoms with Crippen LogP contribution < -0.4 is 10.6 Å². The number of unbranched alkanes of at least 4 members (excludes halogenated alkanes) is 1. The van der Waals surface area contributed by atoms with Gasteiger partial charge in [0.2, 0.25) is 5.91 Å². The molecule has 0 saturated carbocycles. The molecular formula is C12H24F3N3O. The number of hydrogen-bond acceptors (Lipinski definition) is 3. The molecule has 0 aliphatic rings. The number of amides is 1. The summed E-state index contributed by atoms with van der Waals surface area (Å²) in [5, 5.41) is 4.64. The van der Waals surface area contributed by atoms with Crippen molar-refractivity contribution in [2.24, 2.45) is 0 Å². The average Bonchev–Trinajstić information content (AvgIpc) is 2.26. The van der Waals surface area contributed by atoms with Crippen molar-refractivity contribution in [3.63, 3.8) is 0 Å². The summed E-state index contributed by atoms with van der Waals surface area (Å²) in [5.74, 6) is -0.401. The Morgan fingerprint density at radius 1 is 1.26 bits per heavy atom. The molecule has 0 aromatic rings. The third-order valence-electron chi connectivity index (χ3n) is 2.75. The molecule has 19 heavy (non-hydrogen) atoms. The summed E-state index contributed by atoms with van der Waals surface area (Å²) in [4.78, 5) is 13.4. The number of nitrogens with zero attached hydrogens (tertiary/aromatic N) is 1. The second-order valence-corrected chi connectivity index (χ2v) is 4.85. The molecule has 0 unspecified atom stereocenters. The van der Waals surface area contributed by atoms with Crippen LogP contribution in [0.25, 0.3) is 0 Å². The van der Waals surface area contributed by atoms with E-state index in [0.29, 0.717) is 12.6 Å². The molecule has 0 aliphatic heterocycles. The maximum absolute atomic E-state index is 11.8. The van der Waals surface area contributed by atoms with Crippen molar-refractivity contribution in [2.45, 2.75) is 38.9 Å². The van der Waals surface area contributed by atoms with Gasteiger partial charge >= 0.3 is 6.18 Å². The Labute approximate surface area is 112 Å². The minimum Gasteiger partial charge on any atom is -0.355 e. The Morgan fingerprint density at radius 3 is 2.42 bits per heavy atom. The summed E-state index contributed by atoms with van der Waals surface area (Å²) in [6.07, 6.45) is -2.51. The van der Waals surface area contributed by atoms with Crippen LogP contribution in [0.15, 0.2) is 0 Å². The predicted molar refractivity (Wildman–Crippen MR) is 68.9 cm³/mol. The summed E-state index contributed by atoms with van der Waals surface area (Å²) in [7, 11) is 2.03. The molecule has 0 fully saturated rings. The van der Waals surface area contributed by atoms with Crippen molar-refractivity contribution < 1.29 is 18.0 Å². The number of carbonyl (C=O) groups is 1. The number of halogens is 3. The molecule has 0 bridgehead atoms. The van der Waals surface area contributed by atoms with E-state index in [1.54, 1.807) is 0 Å². The molecule has 0 radical (unpaired) electrons. The molecule has 0 heterocycles. The highest BCUT2D eigenvalue weighted by molar-refractivity contribution is 5.77. The van der Waals surface area contributed by atoms with Gasteiger partial charge in [0.1, 0.15) is 0 Å². The molecule has 0 aromatic carbocycles. The maximum atomic E-state index is 11.8. The van der Waals surface area contributed by atoms with Gasteiger partial charge in [0, 0.05) is 12.6 Å². The first-order chi connectivity index (χ1) is 8.72. The molecule has 0 saturated heterocycles. The fraction of sp³-hybridized carbons (Fsp3) is 0.917. The van der Waals surface area contributed by atoms with Gasteiger partial charge in [-0.15, -0.1) is 0 Å². The third kappa shape index (κ3) is 12.0. The van der Waals surface area contributed by atoms with Crippen LogP contribution in [0.5, 0.6) is 0 Å². The lowest BCUT2D eigenvalue weighted by Crippen LogP contribution is -2.38. The summed E-state index contributed by atoms with van der Waals surface area (Å²) < 4.78 is 35.4. The zero-order valence-corrected chi connectivity index (χ0v) is 11.8.